The Balaban J connectivity index is 1.40. The maximum atomic E-state index is 9.78. The minimum Gasteiger partial charge on any atom is -0.391 e. The lowest BCUT2D eigenvalue weighted by atomic mass is 9.90. The number of nitrogens with one attached hydrogen (secondary N) is 1. The van der Waals surface area contributed by atoms with E-state index in [0.717, 1.165) is 55.4 Å². The Kier molecular flexibility index (Phi) is 6.77. The molecule has 6 heteroatoms. The van der Waals surface area contributed by atoms with Crippen molar-refractivity contribution in [2.45, 2.75) is 57.6 Å². The molecule has 168 valence electrons. The Bertz CT molecular complexity index is 855. The molecule has 0 aliphatic carbocycles. The summed E-state index contributed by atoms with van der Waals surface area (Å²) in [4.78, 5) is 14.3. The number of pyridine rings is 2. The van der Waals surface area contributed by atoms with Gasteiger partial charge in [-0.05, 0) is 61.9 Å². The molecule has 0 spiro atoms. The van der Waals surface area contributed by atoms with Crippen molar-refractivity contribution in [2.75, 3.05) is 43.0 Å². The Labute approximate surface area is 186 Å². The van der Waals surface area contributed by atoms with Crippen molar-refractivity contribution in [3.8, 4) is 0 Å². The molecular weight excluding hydrogens is 386 g/mol. The largest absolute Gasteiger partial charge is 0.391 e. The number of aliphatic hydroxyl groups is 1. The zero-order chi connectivity index (χ0) is 22.0. The predicted molar refractivity (Wildman–Crippen MR) is 127 cm³/mol. The van der Waals surface area contributed by atoms with Gasteiger partial charge in [0, 0.05) is 43.6 Å². The molecule has 2 aromatic rings. The second-order valence-corrected chi connectivity index (χ2v) is 9.60. The maximum absolute atomic E-state index is 9.78. The first-order valence-corrected chi connectivity index (χ1v) is 11.7. The van der Waals surface area contributed by atoms with Crippen LogP contribution >= 0.6 is 0 Å². The first-order valence-electron chi connectivity index (χ1n) is 11.7. The standard InChI is InChI=1S/C25H37N5O/c1-17(2)22-6-5-7-25(28-22)30-14-19(24(16-30)26-4)12-18(3)23-9-8-20(13-27-23)29-11-10-21(31)15-29/h5-9,13,17-19,21,24,26,31H,10-12,14-16H2,1-4H3/t18?,19?,21-,24?/m1/s1. The van der Waals surface area contributed by atoms with E-state index >= 15 is 0 Å². The third-order valence-electron chi connectivity index (χ3n) is 6.94. The van der Waals surface area contributed by atoms with Crippen molar-refractivity contribution in [1.29, 1.82) is 0 Å². The highest BCUT2D eigenvalue weighted by Gasteiger charge is 2.34. The van der Waals surface area contributed by atoms with Crippen LogP contribution < -0.4 is 15.1 Å². The van der Waals surface area contributed by atoms with Gasteiger partial charge in [0.25, 0.3) is 0 Å². The number of aliphatic hydroxyl groups excluding tert-OH is 1. The Morgan fingerprint density at radius 1 is 1.06 bits per heavy atom. The number of hydrogen-bond acceptors (Lipinski definition) is 6. The molecule has 2 N–H and O–H groups in total. The normalized spacial score (nSPS) is 24.9. The first kappa shape index (κ1) is 22.0. The number of aromatic nitrogens is 2. The fourth-order valence-electron chi connectivity index (χ4n) is 4.99. The van der Waals surface area contributed by atoms with E-state index in [1.165, 1.54) is 0 Å². The minimum absolute atomic E-state index is 0.210. The molecule has 4 heterocycles. The second kappa shape index (κ2) is 9.53. The predicted octanol–water partition coefficient (Wildman–Crippen LogP) is 3.39. The van der Waals surface area contributed by atoms with Gasteiger partial charge in [-0.2, -0.15) is 0 Å². The number of β-amino-alcohol motifs (C(OH)–C–C–N with tert-alkyl or cyclic N) is 1. The Morgan fingerprint density at radius 3 is 2.55 bits per heavy atom. The fraction of sp³-hybridized carbons (Fsp3) is 0.600. The van der Waals surface area contributed by atoms with Crippen molar-refractivity contribution >= 4 is 11.5 Å². The third kappa shape index (κ3) is 5.01. The third-order valence-corrected chi connectivity index (χ3v) is 6.94. The molecule has 2 saturated heterocycles. The summed E-state index contributed by atoms with van der Waals surface area (Å²) in [5.74, 6) is 2.49. The Morgan fingerprint density at radius 2 is 1.90 bits per heavy atom. The maximum Gasteiger partial charge on any atom is 0.128 e. The summed E-state index contributed by atoms with van der Waals surface area (Å²) < 4.78 is 0. The summed E-state index contributed by atoms with van der Waals surface area (Å²) in [6.07, 6.45) is 3.71. The van der Waals surface area contributed by atoms with Crippen LogP contribution in [0.1, 0.15) is 56.8 Å². The van der Waals surface area contributed by atoms with E-state index < -0.39 is 0 Å². The highest BCUT2D eigenvalue weighted by atomic mass is 16.3. The van der Waals surface area contributed by atoms with Gasteiger partial charge >= 0.3 is 0 Å². The molecule has 4 atom stereocenters. The van der Waals surface area contributed by atoms with Gasteiger partial charge in [0.1, 0.15) is 5.82 Å². The molecule has 0 radical (unpaired) electrons. The summed E-state index contributed by atoms with van der Waals surface area (Å²) in [5.41, 5.74) is 3.42. The molecule has 3 unspecified atom stereocenters. The highest BCUT2D eigenvalue weighted by Crippen LogP contribution is 2.32. The summed E-state index contributed by atoms with van der Waals surface area (Å²) in [5, 5.41) is 13.3. The van der Waals surface area contributed by atoms with Crippen molar-refractivity contribution in [2.24, 2.45) is 5.92 Å². The summed E-state index contributed by atoms with van der Waals surface area (Å²) >= 11 is 0. The SMILES string of the molecule is CNC1CN(c2cccc(C(C)C)n2)CC1CC(C)c1ccc(N2CC[C@@H](O)C2)cn1. The molecule has 2 fully saturated rings. The van der Waals surface area contributed by atoms with Gasteiger partial charge < -0.3 is 20.2 Å². The van der Waals surface area contributed by atoms with Crippen LogP contribution in [0.3, 0.4) is 0 Å². The lowest BCUT2D eigenvalue weighted by Crippen LogP contribution is -2.34. The van der Waals surface area contributed by atoms with E-state index in [4.69, 9.17) is 9.97 Å². The number of hydrogen-bond donors (Lipinski definition) is 2. The summed E-state index contributed by atoms with van der Waals surface area (Å²) in [6, 6.07) is 11.2. The highest BCUT2D eigenvalue weighted by molar-refractivity contribution is 5.46. The van der Waals surface area contributed by atoms with Crippen LogP contribution in [0, 0.1) is 5.92 Å². The smallest absolute Gasteiger partial charge is 0.128 e. The Hall–Kier alpha value is -2.18. The number of rotatable bonds is 7. The van der Waals surface area contributed by atoms with E-state index in [1.807, 2.05) is 6.20 Å². The van der Waals surface area contributed by atoms with E-state index in [0.29, 0.717) is 30.3 Å². The number of likely N-dealkylation sites (N-methyl/N-ethyl adjacent to an activating group) is 1. The topological polar surface area (TPSA) is 64.5 Å². The zero-order valence-electron chi connectivity index (χ0n) is 19.3. The van der Waals surface area contributed by atoms with Gasteiger partial charge in [0.15, 0.2) is 0 Å². The monoisotopic (exact) mass is 423 g/mol. The molecule has 2 aromatic heterocycles. The molecule has 0 saturated carbocycles. The lowest BCUT2D eigenvalue weighted by Gasteiger charge is -2.22. The van der Waals surface area contributed by atoms with Gasteiger partial charge in [-0.3, -0.25) is 4.98 Å². The zero-order valence-corrected chi connectivity index (χ0v) is 19.3. The van der Waals surface area contributed by atoms with E-state index in [1.54, 1.807) is 0 Å². The molecule has 4 rings (SSSR count). The van der Waals surface area contributed by atoms with E-state index in [2.05, 4.69) is 73.3 Å². The van der Waals surface area contributed by atoms with Gasteiger partial charge in [-0.1, -0.05) is 26.8 Å². The minimum atomic E-state index is -0.210. The van der Waals surface area contributed by atoms with Gasteiger partial charge in [-0.15, -0.1) is 0 Å². The summed E-state index contributed by atoms with van der Waals surface area (Å²) in [6.45, 7) is 10.3. The first-order chi connectivity index (χ1) is 14.9. The van der Waals surface area contributed by atoms with Crippen molar-refractivity contribution < 1.29 is 5.11 Å². The van der Waals surface area contributed by atoms with E-state index in [-0.39, 0.29) is 6.10 Å². The molecule has 2 aliphatic rings. The average Bonchev–Trinajstić information content (AvgIpc) is 3.40. The van der Waals surface area contributed by atoms with Crippen LogP contribution in [-0.4, -0.2) is 60.4 Å². The average molecular weight is 424 g/mol. The summed E-state index contributed by atoms with van der Waals surface area (Å²) in [7, 11) is 2.07. The van der Waals surface area contributed by atoms with Crippen LogP contribution in [-0.2, 0) is 0 Å². The van der Waals surface area contributed by atoms with Gasteiger partial charge in [-0.25, -0.2) is 4.98 Å². The molecular formula is C25H37N5O. The van der Waals surface area contributed by atoms with E-state index in [9.17, 15) is 5.11 Å². The van der Waals surface area contributed by atoms with Crippen molar-refractivity contribution in [3.05, 3.63) is 47.9 Å². The van der Waals surface area contributed by atoms with Crippen LogP contribution in [0.25, 0.3) is 0 Å². The molecule has 31 heavy (non-hydrogen) atoms. The van der Waals surface area contributed by atoms with Crippen molar-refractivity contribution in [3.63, 3.8) is 0 Å². The molecule has 0 aromatic carbocycles. The van der Waals surface area contributed by atoms with Crippen molar-refractivity contribution in [1.82, 2.24) is 15.3 Å². The fourth-order valence-corrected chi connectivity index (χ4v) is 4.99. The molecule has 0 bridgehead atoms. The van der Waals surface area contributed by atoms with Crippen LogP contribution in [0.4, 0.5) is 11.5 Å². The second-order valence-electron chi connectivity index (χ2n) is 9.60. The number of anilines is 2. The van der Waals surface area contributed by atoms with Gasteiger partial charge in [0.2, 0.25) is 0 Å². The van der Waals surface area contributed by atoms with Crippen LogP contribution in [0.15, 0.2) is 36.5 Å². The lowest BCUT2D eigenvalue weighted by molar-refractivity contribution is 0.198. The molecule has 6 nitrogen and oxygen atoms in total. The molecule has 2 aliphatic heterocycles. The number of nitrogens with zero attached hydrogens (tertiary/aromatic N) is 4. The van der Waals surface area contributed by atoms with Crippen LogP contribution in [0.2, 0.25) is 0 Å². The quantitative estimate of drug-likeness (QED) is 0.712. The molecule has 0 amide bonds. The van der Waals surface area contributed by atoms with Crippen LogP contribution in [0.5, 0.6) is 0 Å². The van der Waals surface area contributed by atoms with Gasteiger partial charge in [0.05, 0.1) is 18.0 Å².